The van der Waals surface area contributed by atoms with Crippen molar-refractivity contribution in [2.24, 2.45) is 5.92 Å². The van der Waals surface area contributed by atoms with E-state index in [-0.39, 0.29) is 11.9 Å². The van der Waals surface area contributed by atoms with Crippen LogP contribution in [0.1, 0.15) is 56.9 Å². The average Bonchev–Trinajstić information content (AvgIpc) is 2.57. The summed E-state index contributed by atoms with van der Waals surface area (Å²) in [7, 11) is 1.64. The highest BCUT2D eigenvalue weighted by molar-refractivity contribution is 5.78. The molecule has 2 N–H and O–H groups in total. The van der Waals surface area contributed by atoms with Gasteiger partial charge in [0.05, 0.1) is 13.0 Å². The van der Waals surface area contributed by atoms with Gasteiger partial charge in [-0.05, 0) is 43.4 Å². The zero-order valence-corrected chi connectivity index (χ0v) is 15.0. The molecule has 1 aliphatic carbocycles. The number of aliphatic carboxylic acids is 1. The van der Waals surface area contributed by atoms with Gasteiger partial charge in [0.25, 0.3) is 0 Å². The van der Waals surface area contributed by atoms with Crippen molar-refractivity contribution in [3.8, 4) is 5.75 Å². The first-order valence-electron chi connectivity index (χ1n) is 9.25. The summed E-state index contributed by atoms with van der Waals surface area (Å²) in [6.45, 7) is 0. The molecule has 0 aliphatic heterocycles. The summed E-state index contributed by atoms with van der Waals surface area (Å²) in [5.41, 5.74) is 1.17. The highest BCUT2D eigenvalue weighted by atomic mass is 16.5. The molecule has 1 aliphatic rings. The smallest absolute Gasteiger partial charge is 0.308 e. The number of rotatable bonds is 7. The number of carbonyl (C=O) groups excluding carboxylic acids is 1. The number of benzene rings is 1. The Morgan fingerprint density at radius 2 is 1.80 bits per heavy atom. The fourth-order valence-corrected chi connectivity index (χ4v) is 3.48. The zero-order chi connectivity index (χ0) is 18.1. The predicted octanol–water partition coefficient (Wildman–Crippen LogP) is 3.56. The van der Waals surface area contributed by atoms with Crippen molar-refractivity contribution in [1.82, 2.24) is 5.32 Å². The van der Waals surface area contributed by atoms with Crippen molar-refractivity contribution in [2.45, 2.75) is 63.8 Å². The minimum atomic E-state index is -0.787. The lowest BCUT2D eigenvalue weighted by Crippen LogP contribution is -2.43. The molecule has 0 spiro atoms. The molecule has 2 rings (SSSR count). The second-order valence-corrected chi connectivity index (χ2v) is 6.81. The van der Waals surface area contributed by atoms with Crippen LogP contribution in [0.25, 0.3) is 0 Å². The molecule has 0 radical (unpaired) electrons. The van der Waals surface area contributed by atoms with Gasteiger partial charge in [0.2, 0.25) is 5.91 Å². The number of carboxylic acids is 1. The number of hydrogen-bond acceptors (Lipinski definition) is 3. The van der Waals surface area contributed by atoms with E-state index in [0.717, 1.165) is 50.7 Å². The predicted molar refractivity (Wildman–Crippen MR) is 96.7 cm³/mol. The van der Waals surface area contributed by atoms with Gasteiger partial charge in [0.15, 0.2) is 0 Å². The highest BCUT2D eigenvalue weighted by Gasteiger charge is 2.29. The number of hydrogen-bond donors (Lipinski definition) is 2. The number of ether oxygens (including phenoxy) is 1. The SMILES string of the molecule is COc1ccc(CCCC(=O)NC2CCCCCCC2C(=O)O)cc1. The maximum atomic E-state index is 12.2. The Kier molecular flexibility index (Phi) is 7.76. The first-order valence-corrected chi connectivity index (χ1v) is 9.25. The summed E-state index contributed by atoms with van der Waals surface area (Å²) in [5, 5.41) is 12.4. The van der Waals surface area contributed by atoms with Crippen molar-refractivity contribution in [3.63, 3.8) is 0 Å². The second kappa shape index (κ2) is 10.1. The molecule has 1 fully saturated rings. The van der Waals surface area contributed by atoms with Gasteiger partial charge in [0.1, 0.15) is 5.75 Å². The lowest BCUT2D eigenvalue weighted by molar-refractivity contribution is -0.143. The maximum Gasteiger partial charge on any atom is 0.308 e. The van der Waals surface area contributed by atoms with Crippen LogP contribution in [-0.2, 0) is 16.0 Å². The van der Waals surface area contributed by atoms with Crippen LogP contribution in [0.4, 0.5) is 0 Å². The van der Waals surface area contributed by atoms with E-state index in [2.05, 4.69) is 5.32 Å². The van der Waals surface area contributed by atoms with Crippen LogP contribution >= 0.6 is 0 Å². The molecule has 138 valence electrons. The van der Waals surface area contributed by atoms with E-state index in [9.17, 15) is 14.7 Å². The molecule has 1 saturated carbocycles. The van der Waals surface area contributed by atoms with Gasteiger partial charge in [-0.1, -0.05) is 37.8 Å². The minimum absolute atomic E-state index is 0.0367. The van der Waals surface area contributed by atoms with E-state index in [1.54, 1.807) is 7.11 Å². The Hall–Kier alpha value is -2.04. The fourth-order valence-electron chi connectivity index (χ4n) is 3.48. The fraction of sp³-hybridized carbons (Fsp3) is 0.600. The average molecular weight is 347 g/mol. The van der Waals surface area contributed by atoms with Gasteiger partial charge < -0.3 is 15.2 Å². The van der Waals surface area contributed by atoms with Crippen molar-refractivity contribution < 1.29 is 19.4 Å². The molecular weight excluding hydrogens is 318 g/mol. The molecule has 2 unspecified atom stereocenters. The van der Waals surface area contributed by atoms with Crippen molar-refractivity contribution in [1.29, 1.82) is 0 Å². The minimum Gasteiger partial charge on any atom is -0.497 e. The van der Waals surface area contributed by atoms with Crippen LogP contribution in [0.3, 0.4) is 0 Å². The Morgan fingerprint density at radius 3 is 2.44 bits per heavy atom. The van der Waals surface area contributed by atoms with Gasteiger partial charge in [-0.2, -0.15) is 0 Å². The topological polar surface area (TPSA) is 75.6 Å². The standard InChI is InChI=1S/C20H29NO4/c1-25-16-13-11-15(12-14-16)7-6-10-19(22)21-18-9-5-3-2-4-8-17(18)20(23)24/h11-14,17-18H,2-10H2,1H3,(H,21,22)(H,23,24). The third-order valence-electron chi connectivity index (χ3n) is 4.96. The number of methoxy groups -OCH3 is 1. The third-order valence-corrected chi connectivity index (χ3v) is 4.96. The molecule has 1 aromatic rings. The van der Waals surface area contributed by atoms with E-state index >= 15 is 0 Å². The van der Waals surface area contributed by atoms with Gasteiger partial charge in [-0.25, -0.2) is 0 Å². The Labute approximate surface area is 149 Å². The summed E-state index contributed by atoms with van der Waals surface area (Å²) in [6, 6.07) is 7.62. The van der Waals surface area contributed by atoms with Gasteiger partial charge in [-0.15, -0.1) is 0 Å². The van der Waals surface area contributed by atoms with Gasteiger partial charge in [-0.3, -0.25) is 9.59 Å². The molecule has 0 bridgehead atoms. The van der Waals surface area contributed by atoms with E-state index in [1.165, 1.54) is 5.56 Å². The maximum absolute atomic E-state index is 12.2. The number of nitrogens with one attached hydrogen (secondary N) is 1. The van der Waals surface area contributed by atoms with E-state index in [0.29, 0.717) is 12.8 Å². The third kappa shape index (κ3) is 6.40. The molecule has 5 heteroatoms. The molecule has 1 amide bonds. The van der Waals surface area contributed by atoms with E-state index in [4.69, 9.17) is 4.74 Å². The molecule has 1 aromatic carbocycles. The van der Waals surface area contributed by atoms with Crippen LogP contribution in [0.5, 0.6) is 5.75 Å². The Balaban J connectivity index is 1.79. The molecule has 5 nitrogen and oxygen atoms in total. The number of carboxylic acid groups (broad SMARTS) is 1. The number of aryl methyl sites for hydroxylation is 1. The van der Waals surface area contributed by atoms with Crippen LogP contribution < -0.4 is 10.1 Å². The molecule has 0 aromatic heterocycles. The molecule has 25 heavy (non-hydrogen) atoms. The lowest BCUT2D eigenvalue weighted by Gasteiger charge is -2.27. The Bertz CT molecular complexity index is 555. The molecule has 2 atom stereocenters. The summed E-state index contributed by atoms with van der Waals surface area (Å²) in [6.07, 6.45) is 7.55. The van der Waals surface area contributed by atoms with Crippen molar-refractivity contribution in [2.75, 3.05) is 7.11 Å². The van der Waals surface area contributed by atoms with Crippen LogP contribution in [0, 0.1) is 5.92 Å². The quantitative estimate of drug-likeness (QED) is 0.791. The van der Waals surface area contributed by atoms with Crippen LogP contribution in [0.15, 0.2) is 24.3 Å². The van der Waals surface area contributed by atoms with Gasteiger partial charge in [0, 0.05) is 12.5 Å². The first-order chi connectivity index (χ1) is 12.1. The number of amides is 1. The van der Waals surface area contributed by atoms with Crippen LogP contribution in [-0.4, -0.2) is 30.1 Å². The second-order valence-electron chi connectivity index (χ2n) is 6.81. The normalized spacial score (nSPS) is 21.0. The zero-order valence-electron chi connectivity index (χ0n) is 15.0. The summed E-state index contributed by atoms with van der Waals surface area (Å²) in [4.78, 5) is 23.7. The summed E-state index contributed by atoms with van der Waals surface area (Å²) >= 11 is 0. The monoisotopic (exact) mass is 347 g/mol. The van der Waals surface area contributed by atoms with E-state index in [1.807, 2.05) is 24.3 Å². The van der Waals surface area contributed by atoms with Gasteiger partial charge >= 0.3 is 5.97 Å². The summed E-state index contributed by atoms with van der Waals surface area (Å²) in [5.74, 6) is -0.452. The summed E-state index contributed by atoms with van der Waals surface area (Å²) < 4.78 is 5.13. The van der Waals surface area contributed by atoms with Crippen molar-refractivity contribution >= 4 is 11.9 Å². The van der Waals surface area contributed by atoms with Crippen LogP contribution in [0.2, 0.25) is 0 Å². The number of carbonyl (C=O) groups is 2. The molecule has 0 heterocycles. The van der Waals surface area contributed by atoms with E-state index < -0.39 is 11.9 Å². The Morgan fingerprint density at radius 1 is 1.12 bits per heavy atom. The largest absolute Gasteiger partial charge is 0.497 e. The first kappa shape index (κ1) is 19.3. The highest BCUT2D eigenvalue weighted by Crippen LogP contribution is 2.23. The van der Waals surface area contributed by atoms with Crippen molar-refractivity contribution in [3.05, 3.63) is 29.8 Å². The molecule has 0 saturated heterocycles. The molecular formula is C20H29NO4. The lowest BCUT2D eigenvalue weighted by atomic mass is 9.86.